The van der Waals surface area contributed by atoms with Gasteiger partial charge in [0.2, 0.25) is 11.1 Å². The summed E-state index contributed by atoms with van der Waals surface area (Å²) in [6.45, 7) is 2.58. The van der Waals surface area contributed by atoms with E-state index in [1.165, 1.54) is 11.8 Å². The van der Waals surface area contributed by atoms with E-state index in [0.717, 1.165) is 22.1 Å². The topological polar surface area (TPSA) is 63.9 Å². The molecule has 0 fully saturated rings. The standard InChI is InChI=1S/C21H19N5OS/c1-2-25(19-14-8-10-16-9-6-7-13-18(16)19)20(27)15-28-21-22-23-24-26(21)17-11-4-3-5-12-17/h3-14H,2,15H2,1H3. The summed E-state index contributed by atoms with van der Waals surface area (Å²) in [4.78, 5) is 14.8. The van der Waals surface area contributed by atoms with Gasteiger partial charge in [0.15, 0.2) is 0 Å². The number of tetrazole rings is 1. The highest BCUT2D eigenvalue weighted by Gasteiger charge is 2.18. The van der Waals surface area contributed by atoms with Crippen LogP contribution in [0.15, 0.2) is 78.0 Å². The summed E-state index contributed by atoms with van der Waals surface area (Å²) < 4.78 is 1.64. The van der Waals surface area contributed by atoms with Gasteiger partial charge in [0.25, 0.3) is 0 Å². The van der Waals surface area contributed by atoms with Gasteiger partial charge in [-0.3, -0.25) is 4.79 Å². The summed E-state index contributed by atoms with van der Waals surface area (Å²) in [5.74, 6) is 0.274. The second kappa shape index (κ2) is 8.22. The molecule has 0 aliphatic carbocycles. The van der Waals surface area contributed by atoms with Crippen LogP contribution in [0.25, 0.3) is 16.5 Å². The number of nitrogens with zero attached hydrogens (tertiary/aromatic N) is 5. The summed E-state index contributed by atoms with van der Waals surface area (Å²) in [7, 11) is 0. The minimum absolute atomic E-state index is 0.0199. The van der Waals surface area contributed by atoms with Crippen molar-refractivity contribution < 1.29 is 4.79 Å². The van der Waals surface area contributed by atoms with Gasteiger partial charge >= 0.3 is 0 Å². The van der Waals surface area contributed by atoms with Gasteiger partial charge in [-0.05, 0) is 40.9 Å². The molecule has 28 heavy (non-hydrogen) atoms. The number of thioether (sulfide) groups is 1. The number of aromatic nitrogens is 4. The van der Waals surface area contributed by atoms with Gasteiger partial charge in [0, 0.05) is 11.9 Å². The molecule has 3 aromatic carbocycles. The lowest BCUT2D eigenvalue weighted by Gasteiger charge is -2.22. The van der Waals surface area contributed by atoms with E-state index < -0.39 is 0 Å². The first kappa shape index (κ1) is 18.2. The van der Waals surface area contributed by atoms with Crippen molar-refractivity contribution in [3.8, 4) is 5.69 Å². The number of carbonyl (C=O) groups is 1. The van der Waals surface area contributed by atoms with E-state index in [4.69, 9.17) is 0 Å². The second-order valence-corrected chi connectivity index (χ2v) is 7.08. The smallest absolute Gasteiger partial charge is 0.237 e. The highest BCUT2D eigenvalue weighted by atomic mass is 32.2. The molecule has 0 aliphatic heterocycles. The van der Waals surface area contributed by atoms with Gasteiger partial charge in [0.05, 0.1) is 17.1 Å². The minimum Gasteiger partial charge on any atom is -0.311 e. The van der Waals surface area contributed by atoms with Crippen molar-refractivity contribution in [1.29, 1.82) is 0 Å². The molecule has 6 nitrogen and oxygen atoms in total. The Kier molecular flexibility index (Phi) is 5.34. The lowest BCUT2D eigenvalue weighted by Crippen LogP contribution is -2.32. The van der Waals surface area contributed by atoms with E-state index in [2.05, 4.69) is 27.7 Å². The van der Waals surface area contributed by atoms with Crippen molar-refractivity contribution in [1.82, 2.24) is 20.2 Å². The van der Waals surface area contributed by atoms with Gasteiger partial charge in [0.1, 0.15) is 0 Å². The van der Waals surface area contributed by atoms with Crippen LogP contribution in [-0.2, 0) is 4.79 Å². The summed E-state index contributed by atoms with van der Waals surface area (Å²) in [5.41, 5.74) is 1.79. The molecule has 7 heteroatoms. The van der Waals surface area contributed by atoms with Crippen LogP contribution in [0.4, 0.5) is 5.69 Å². The third-order valence-electron chi connectivity index (χ3n) is 4.44. The molecule has 0 atom stereocenters. The average molecular weight is 389 g/mol. The van der Waals surface area contributed by atoms with Gasteiger partial charge in [-0.1, -0.05) is 66.4 Å². The highest BCUT2D eigenvalue weighted by molar-refractivity contribution is 7.99. The number of carbonyl (C=O) groups excluding carboxylic acids is 1. The molecular weight excluding hydrogens is 370 g/mol. The summed E-state index contributed by atoms with van der Waals surface area (Å²) >= 11 is 1.34. The highest BCUT2D eigenvalue weighted by Crippen LogP contribution is 2.28. The zero-order valence-corrected chi connectivity index (χ0v) is 16.2. The quantitative estimate of drug-likeness (QED) is 0.467. The van der Waals surface area contributed by atoms with Crippen LogP contribution in [0.1, 0.15) is 6.92 Å². The lowest BCUT2D eigenvalue weighted by atomic mass is 10.1. The Morgan fingerprint density at radius 1 is 1.00 bits per heavy atom. The van der Waals surface area contributed by atoms with E-state index in [9.17, 15) is 4.79 Å². The van der Waals surface area contributed by atoms with E-state index in [0.29, 0.717) is 11.7 Å². The monoisotopic (exact) mass is 389 g/mol. The van der Waals surface area contributed by atoms with E-state index in [1.807, 2.05) is 72.5 Å². The number of benzene rings is 3. The summed E-state index contributed by atoms with van der Waals surface area (Å²) in [6, 6.07) is 23.8. The van der Waals surface area contributed by atoms with Crippen molar-refractivity contribution in [2.75, 3.05) is 17.2 Å². The van der Waals surface area contributed by atoms with Crippen molar-refractivity contribution in [2.45, 2.75) is 12.1 Å². The van der Waals surface area contributed by atoms with E-state index in [-0.39, 0.29) is 11.7 Å². The maximum Gasteiger partial charge on any atom is 0.237 e. The maximum atomic E-state index is 13.0. The molecule has 0 N–H and O–H groups in total. The van der Waals surface area contributed by atoms with Crippen molar-refractivity contribution in [3.63, 3.8) is 0 Å². The fraction of sp³-hybridized carbons (Fsp3) is 0.143. The van der Waals surface area contributed by atoms with Crippen LogP contribution in [0.3, 0.4) is 0 Å². The zero-order valence-electron chi connectivity index (χ0n) is 15.4. The maximum absolute atomic E-state index is 13.0. The SMILES string of the molecule is CCN(C(=O)CSc1nnnn1-c1ccccc1)c1cccc2ccccc12. The number of hydrogen-bond donors (Lipinski definition) is 0. The molecule has 0 saturated heterocycles. The Morgan fingerprint density at radius 2 is 1.75 bits per heavy atom. The van der Waals surface area contributed by atoms with Crippen molar-refractivity contribution in [3.05, 3.63) is 72.8 Å². The van der Waals surface area contributed by atoms with Crippen LogP contribution in [0.5, 0.6) is 0 Å². The molecule has 140 valence electrons. The van der Waals surface area contributed by atoms with Gasteiger partial charge in [-0.2, -0.15) is 4.68 Å². The number of rotatable bonds is 6. The molecule has 4 rings (SSSR count). The number of fused-ring (bicyclic) bond motifs is 1. The molecule has 0 spiro atoms. The molecule has 4 aromatic rings. The van der Waals surface area contributed by atoms with Gasteiger partial charge in [-0.25, -0.2) is 0 Å². The molecule has 0 radical (unpaired) electrons. The van der Waals surface area contributed by atoms with Crippen LogP contribution < -0.4 is 4.90 Å². The summed E-state index contributed by atoms with van der Waals surface area (Å²) in [5, 5.41) is 14.6. The van der Waals surface area contributed by atoms with Crippen LogP contribution in [-0.4, -0.2) is 38.4 Å². The zero-order chi connectivity index (χ0) is 19.3. The molecule has 1 heterocycles. The minimum atomic E-state index is 0.0199. The average Bonchev–Trinajstić information content (AvgIpc) is 3.22. The number of hydrogen-bond acceptors (Lipinski definition) is 5. The normalized spacial score (nSPS) is 10.9. The molecule has 0 saturated carbocycles. The van der Waals surface area contributed by atoms with Crippen LogP contribution in [0.2, 0.25) is 0 Å². The Morgan fingerprint density at radius 3 is 2.57 bits per heavy atom. The van der Waals surface area contributed by atoms with E-state index >= 15 is 0 Å². The Balaban J connectivity index is 1.54. The number of anilines is 1. The molecule has 0 unspecified atom stereocenters. The first-order valence-corrected chi connectivity index (χ1v) is 10.0. The Hall–Kier alpha value is -3.19. The number of amides is 1. The fourth-order valence-electron chi connectivity index (χ4n) is 3.13. The molecule has 1 amide bonds. The largest absolute Gasteiger partial charge is 0.311 e. The lowest BCUT2D eigenvalue weighted by molar-refractivity contribution is -0.116. The van der Waals surface area contributed by atoms with Gasteiger partial charge < -0.3 is 4.90 Å². The Bertz CT molecular complexity index is 1090. The van der Waals surface area contributed by atoms with Crippen molar-refractivity contribution in [2.24, 2.45) is 0 Å². The van der Waals surface area contributed by atoms with Crippen molar-refractivity contribution >= 4 is 34.1 Å². The number of para-hydroxylation sites is 1. The molecule has 1 aromatic heterocycles. The van der Waals surface area contributed by atoms with Crippen LogP contribution >= 0.6 is 11.8 Å². The van der Waals surface area contributed by atoms with Crippen LogP contribution in [0, 0.1) is 0 Å². The van der Waals surface area contributed by atoms with Gasteiger partial charge in [-0.15, -0.1) is 5.10 Å². The predicted octanol–water partition coefficient (Wildman–Crippen LogP) is 3.96. The fourth-order valence-corrected chi connectivity index (χ4v) is 3.90. The third-order valence-corrected chi connectivity index (χ3v) is 5.35. The molecule has 0 aliphatic rings. The molecule has 0 bridgehead atoms. The second-order valence-electron chi connectivity index (χ2n) is 6.13. The third kappa shape index (κ3) is 3.61. The summed E-state index contributed by atoms with van der Waals surface area (Å²) in [6.07, 6.45) is 0. The first-order chi connectivity index (χ1) is 13.8. The molecular formula is C21H19N5OS. The Labute approximate surface area is 167 Å². The van der Waals surface area contributed by atoms with E-state index in [1.54, 1.807) is 4.68 Å². The first-order valence-electron chi connectivity index (χ1n) is 9.02. The predicted molar refractivity (Wildman–Crippen MR) is 112 cm³/mol.